The van der Waals surface area contributed by atoms with E-state index >= 15 is 0 Å². The van der Waals surface area contributed by atoms with E-state index < -0.39 is 0 Å². The van der Waals surface area contributed by atoms with Crippen LogP contribution in [0, 0.1) is 0 Å². The van der Waals surface area contributed by atoms with Gasteiger partial charge in [-0.25, -0.2) is 0 Å². The van der Waals surface area contributed by atoms with Crippen LogP contribution in [0.1, 0.15) is 17.3 Å². The lowest BCUT2D eigenvalue weighted by atomic mass is 10.1. The van der Waals surface area contributed by atoms with E-state index in [1.54, 1.807) is 36.4 Å². The molecule has 156 valence electrons. The Balaban J connectivity index is 1.77. The van der Waals surface area contributed by atoms with Crippen molar-refractivity contribution in [3.05, 3.63) is 71.5 Å². The van der Waals surface area contributed by atoms with E-state index in [1.165, 1.54) is 7.11 Å². The highest BCUT2D eigenvalue weighted by atomic mass is 35.5. The summed E-state index contributed by atoms with van der Waals surface area (Å²) in [6.07, 6.45) is 3.71. The van der Waals surface area contributed by atoms with Crippen LogP contribution in [-0.4, -0.2) is 36.6 Å². The van der Waals surface area contributed by atoms with Crippen molar-refractivity contribution in [1.29, 1.82) is 0 Å². The Morgan fingerprint density at radius 2 is 1.87 bits per heavy atom. The zero-order chi connectivity index (χ0) is 21.5. The second-order valence-corrected chi connectivity index (χ2v) is 6.73. The number of carbonyl (C=O) groups excluding carboxylic acids is 2. The number of anilines is 1. The standard InChI is InChI=1S/C22H22ClN3O4/c1-3-24-21(27)14-30-16-8-6-7-15(11-16)25-22(28)17-12-18(23)19(13-20(17)29-2)26-9-4-5-10-26/h4-13H,3,14H2,1-2H3,(H,24,27)(H,25,28). The molecule has 0 bridgehead atoms. The highest BCUT2D eigenvalue weighted by Crippen LogP contribution is 2.30. The molecule has 3 aromatic rings. The van der Waals surface area contributed by atoms with E-state index in [9.17, 15) is 9.59 Å². The fourth-order valence-electron chi connectivity index (χ4n) is 2.84. The van der Waals surface area contributed by atoms with E-state index in [0.29, 0.717) is 40.0 Å². The zero-order valence-electron chi connectivity index (χ0n) is 16.6. The Morgan fingerprint density at radius 3 is 2.57 bits per heavy atom. The second-order valence-electron chi connectivity index (χ2n) is 6.32. The summed E-state index contributed by atoms with van der Waals surface area (Å²) in [5.41, 5.74) is 1.52. The summed E-state index contributed by atoms with van der Waals surface area (Å²) in [7, 11) is 1.50. The van der Waals surface area contributed by atoms with Gasteiger partial charge in [0.05, 0.1) is 23.4 Å². The second kappa shape index (κ2) is 9.84. The summed E-state index contributed by atoms with van der Waals surface area (Å²) in [5, 5.41) is 5.87. The molecular weight excluding hydrogens is 406 g/mol. The van der Waals surface area contributed by atoms with Gasteiger partial charge in [0.25, 0.3) is 11.8 Å². The number of aromatic nitrogens is 1. The number of benzene rings is 2. The van der Waals surface area contributed by atoms with Gasteiger partial charge in [0.1, 0.15) is 11.5 Å². The van der Waals surface area contributed by atoms with Crippen molar-refractivity contribution in [2.45, 2.75) is 6.92 Å². The van der Waals surface area contributed by atoms with Gasteiger partial charge in [-0.3, -0.25) is 9.59 Å². The van der Waals surface area contributed by atoms with E-state index in [1.807, 2.05) is 36.0 Å². The van der Waals surface area contributed by atoms with Crippen molar-refractivity contribution >= 4 is 29.1 Å². The predicted octanol–water partition coefficient (Wildman–Crippen LogP) is 3.91. The molecule has 2 N–H and O–H groups in total. The first-order valence-corrected chi connectivity index (χ1v) is 9.71. The average Bonchev–Trinajstić information content (AvgIpc) is 3.27. The van der Waals surface area contributed by atoms with Crippen LogP contribution in [-0.2, 0) is 4.79 Å². The fraction of sp³-hybridized carbons (Fsp3) is 0.182. The lowest BCUT2D eigenvalue weighted by molar-refractivity contribution is -0.122. The largest absolute Gasteiger partial charge is 0.496 e. The molecule has 0 aliphatic carbocycles. The van der Waals surface area contributed by atoms with Gasteiger partial charge in [0.15, 0.2) is 6.61 Å². The minimum atomic E-state index is -0.381. The maximum absolute atomic E-state index is 12.8. The van der Waals surface area contributed by atoms with Crippen LogP contribution in [0.15, 0.2) is 60.9 Å². The van der Waals surface area contributed by atoms with Crippen LogP contribution in [0.25, 0.3) is 5.69 Å². The SMILES string of the molecule is CCNC(=O)COc1cccc(NC(=O)c2cc(Cl)c(-n3cccc3)cc2OC)c1. The van der Waals surface area contributed by atoms with Gasteiger partial charge in [-0.2, -0.15) is 0 Å². The van der Waals surface area contributed by atoms with Crippen molar-refractivity contribution in [1.82, 2.24) is 9.88 Å². The number of ether oxygens (including phenoxy) is 2. The van der Waals surface area contributed by atoms with Gasteiger partial charge in [0, 0.05) is 36.8 Å². The van der Waals surface area contributed by atoms with Crippen molar-refractivity contribution in [3.8, 4) is 17.2 Å². The summed E-state index contributed by atoms with van der Waals surface area (Å²) < 4.78 is 12.7. The summed E-state index contributed by atoms with van der Waals surface area (Å²) in [6, 6.07) is 13.8. The molecule has 2 amide bonds. The summed E-state index contributed by atoms with van der Waals surface area (Å²) in [4.78, 5) is 24.4. The van der Waals surface area contributed by atoms with E-state index in [4.69, 9.17) is 21.1 Å². The molecule has 0 radical (unpaired) electrons. The first kappa shape index (κ1) is 21.3. The van der Waals surface area contributed by atoms with Crippen LogP contribution in [0.4, 0.5) is 5.69 Å². The molecule has 30 heavy (non-hydrogen) atoms. The molecule has 0 aliphatic rings. The normalized spacial score (nSPS) is 10.4. The Labute approximate surface area is 179 Å². The summed E-state index contributed by atoms with van der Waals surface area (Å²) in [5.74, 6) is 0.263. The van der Waals surface area contributed by atoms with Crippen molar-refractivity contribution in [2.75, 3.05) is 25.6 Å². The van der Waals surface area contributed by atoms with Crippen LogP contribution in [0.2, 0.25) is 5.02 Å². The highest BCUT2D eigenvalue weighted by Gasteiger charge is 2.17. The van der Waals surface area contributed by atoms with Crippen LogP contribution in [0.5, 0.6) is 11.5 Å². The Kier molecular flexibility index (Phi) is 6.98. The molecule has 2 aromatic carbocycles. The number of nitrogens with zero attached hydrogens (tertiary/aromatic N) is 1. The van der Waals surface area contributed by atoms with Crippen molar-refractivity contribution in [3.63, 3.8) is 0 Å². The first-order valence-electron chi connectivity index (χ1n) is 9.33. The number of likely N-dealkylation sites (N-methyl/N-ethyl adjacent to an activating group) is 1. The molecule has 3 rings (SSSR count). The monoisotopic (exact) mass is 427 g/mol. The van der Waals surface area contributed by atoms with Crippen molar-refractivity contribution < 1.29 is 19.1 Å². The van der Waals surface area contributed by atoms with Gasteiger partial charge >= 0.3 is 0 Å². The third-order valence-corrected chi connectivity index (χ3v) is 4.53. The third-order valence-electron chi connectivity index (χ3n) is 4.23. The molecule has 0 saturated heterocycles. The minimum absolute atomic E-state index is 0.102. The summed E-state index contributed by atoms with van der Waals surface area (Å²) >= 11 is 6.40. The van der Waals surface area contributed by atoms with Crippen LogP contribution >= 0.6 is 11.6 Å². The average molecular weight is 428 g/mol. The van der Waals surface area contributed by atoms with Gasteiger partial charge in [-0.05, 0) is 37.3 Å². The molecule has 1 heterocycles. The van der Waals surface area contributed by atoms with Gasteiger partial charge in [-0.15, -0.1) is 0 Å². The van der Waals surface area contributed by atoms with E-state index in [0.717, 1.165) is 0 Å². The number of methoxy groups -OCH3 is 1. The molecule has 0 spiro atoms. The fourth-order valence-corrected chi connectivity index (χ4v) is 3.10. The van der Waals surface area contributed by atoms with Gasteiger partial charge < -0.3 is 24.7 Å². The molecule has 0 unspecified atom stereocenters. The number of carbonyl (C=O) groups is 2. The van der Waals surface area contributed by atoms with E-state index in [-0.39, 0.29) is 18.4 Å². The third kappa shape index (κ3) is 5.12. The molecule has 0 saturated carbocycles. The number of amides is 2. The zero-order valence-corrected chi connectivity index (χ0v) is 17.4. The highest BCUT2D eigenvalue weighted by molar-refractivity contribution is 6.33. The Hall–Kier alpha value is -3.45. The number of hydrogen-bond donors (Lipinski definition) is 2. The Bertz CT molecular complexity index is 1030. The predicted molar refractivity (Wildman–Crippen MR) is 116 cm³/mol. The quantitative estimate of drug-likeness (QED) is 0.571. The molecule has 8 heteroatoms. The topological polar surface area (TPSA) is 81.6 Å². The molecule has 1 aromatic heterocycles. The maximum atomic E-state index is 12.8. The molecule has 0 aliphatic heterocycles. The van der Waals surface area contributed by atoms with Gasteiger partial charge in [-0.1, -0.05) is 17.7 Å². The molecular formula is C22H22ClN3O4. The molecule has 0 fully saturated rings. The Morgan fingerprint density at radius 1 is 1.10 bits per heavy atom. The van der Waals surface area contributed by atoms with Crippen LogP contribution < -0.4 is 20.1 Å². The molecule has 7 nitrogen and oxygen atoms in total. The smallest absolute Gasteiger partial charge is 0.259 e. The number of rotatable bonds is 8. The maximum Gasteiger partial charge on any atom is 0.259 e. The van der Waals surface area contributed by atoms with E-state index in [2.05, 4.69) is 10.6 Å². The lowest BCUT2D eigenvalue weighted by Crippen LogP contribution is -2.28. The number of halogens is 1. The summed E-state index contributed by atoms with van der Waals surface area (Å²) in [6.45, 7) is 2.26. The first-order chi connectivity index (χ1) is 14.5. The van der Waals surface area contributed by atoms with Gasteiger partial charge in [0.2, 0.25) is 0 Å². The molecule has 0 atom stereocenters. The minimum Gasteiger partial charge on any atom is -0.496 e. The number of nitrogens with one attached hydrogen (secondary N) is 2. The number of hydrogen-bond acceptors (Lipinski definition) is 4. The van der Waals surface area contributed by atoms with Crippen LogP contribution in [0.3, 0.4) is 0 Å². The van der Waals surface area contributed by atoms with Crippen molar-refractivity contribution in [2.24, 2.45) is 0 Å². The lowest BCUT2D eigenvalue weighted by Gasteiger charge is -2.14.